The first kappa shape index (κ1) is 24.2. The third kappa shape index (κ3) is 4.68. The van der Waals surface area contributed by atoms with Crippen molar-refractivity contribution in [1.29, 1.82) is 0 Å². The summed E-state index contributed by atoms with van der Waals surface area (Å²) in [5.41, 5.74) is 2.02. The number of hydrogen-bond acceptors (Lipinski definition) is 6. The Kier molecular flexibility index (Phi) is 6.44. The van der Waals surface area contributed by atoms with Gasteiger partial charge in [-0.3, -0.25) is 9.59 Å². The first-order chi connectivity index (χ1) is 17.9. The highest BCUT2D eigenvalue weighted by molar-refractivity contribution is 6.16. The summed E-state index contributed by atoms with van der Waals surface area (Å²) in [6, 6.07) is 22.6. The van der Waals surface area contributed by atoms with Gasteiger partial charge in [-0.25, -0.2) is 0 Å². The molecule has 4 aromatic rings. The highest BCUT2D eigenvalue weighted by Gasteiger charge is 2.44. The van der Waals surface area contributed by atoms with Gasteiger partial charge < -0.3 is 23.9 Å². The summed E-state index contributed by atoms with van der Waals surface area (Å²) in [5, 5.41) is 11.7. The zero-order valence-electron chi connectivity index (χ0n) is 20.8. The SMILES string of the molecule is COc1ccc(C2C(C(=O)c3cc4ccccc4o3)=C(O)C(=O)N2Cc2ccc(OC(C)C)cc2)cc1. The molecule has 0 fully saturated rings. The van der Waals surface area contributed by atoms with E-state index < -0.39 is 23.5 Å². The van der Waals surface area contributed by atoms with Gasteiger partial charge in [0.05, 0.1) is 24.8 Å². The van der Waals surface area contributed by atoms with E-state index in [1.165, 1.54) is 4.90 Å². The van der Waals surface area contributed by atoms with E-state index in [-0.39, 0.29) is 24.0 Å². The van der Waals surface area contributed by atoms with Crippen LogP contribution in [0.2, 0.25) is 0 Å². The minimum Gasteiger partial charge on any atom is -0.503 e. The zero-order chi connectivity index (χ0) is 26.1. The maximum atomic E-state index is 13.7. The molecule has 1 unspecified atom stereocenters. The number of methoxy groups -OCH3 is 1. The van der Waals surface area contributed by atoms with Crippen LogP contribution in [0, 0.1) is 0 Å². The largest absolute Gasteiger partial charge is 0.503 e. The lowest BCUT2D eigenvalue weighted by Crippen LogP contribution is -2.30. The summed E-state index contributed by atoms with van der Waals surface area (Å²) in [4.78, 5) is 28.5. The van der Waals surface area contributed by atoms with Crippen LogP contribution in [-0.4, -0.2) is 34.9 Å². The minimum atomic E-state index is -0.814. The molecule has 0 radical (unpaired) electrons. The van der Waals surface area contributed by atoms with Crippen molar-refractivity contribution in [2.24, 2.45) is 0 Å². The number of ether oxygens (including phenoxy) is 2. The van der Waals surface area contributed by atoms with Gasteiger partial charge in [0.2, 0.25) is 5.78 Å². The maximum Gasteiger partial charge on any atom is 0.290 e. The van der Waals surface area contributed by atoms with Gasteiger partial charge in [-0.05, 0) is 61.4 Å². The van der Waals surface area contributed by atoms with Gasteiger partial charge in [0.1, 0.15) is 17.1 Å². The predicted molar refractivity (Wildman–Crippen MR) is 139 cm³/mol. The second kappa shape index (κ2) is 9.85. The van der Waals surface area contributed by atoms with Crippen LogP contribution in [0.15, 0.2) is 94.6 Å². The number of nitrogens with zero attached hydrogens (tertiary/aromatic N) is 1. The third-order valence-corrected chi connectivity index (χ3v) is 6.28. The molecule has 7 heteroatoms. The third-order valence-electron chi connectivity index (χ3n) is 6.28. The molecule has 0 bridgehead atoms. The standard InChI is InChI=1S/C30H27NO6/c1-18(2)36-23-12-8-19(9-13-23)17-31-27(20-10-14-22(35-3)15-11-20)26(29(33)30(31)34)28(32)25-16-21-6-4-5-7-24(21)37-25/h4-16,18,27,33H,17H2,1-3H3. The highest BCUT2D eigenvalue weighted by atomic mass is 16.5. The van der Waals surface area contributed by atoms with Gasteiger partial charge in [0, 0.05) is 11.9 Å². The maximum absolute atomic E-state index is 13.7. The second-order valence-electron chi connectivity index (χ2n) is 9.16. The Labute approximate surface area is 214 Å². The van der Waals surface area contributed by atoms with Crippen molar-refractivity contribution in [1.82, 2.24) is 4.90 Å². The molecule has 188 valence electrons. The lowest BCUT2D eigenvalue weighted by Gasteiger charge is -2.27. The molecule has 0 spiro atoms. The van der Waals surface area contributed by atoms with Crippen LogP contribution in [0.1, 0.15) is 41.6 Å². The summed E-state index contributed by atoms with van der Waals surface area (Å²) in [7, 11) is 1.56. The smallest absolute Gasteiger partial charge is 0.290 e. The molecule has 7 nitrogen and oxygen atoms in total. The molecule has 1 N–H and O–H groups in total. The molecule has 5 rings (SSSR count). The molecule has 2 heterocycles. The average Bonchev–Trinajstić information content (AvgIpc) is 3.44. The normalized spacial score (nSPS) is 15.6. The van der Waals surface area contributed by atoms with Crippen molar-refractivity contribution in [3.05, 3.63) is 107 Å². The van der Waals surface area contributed by atoms with Gasteiger partial charge >= 0.3 is 0 Å². The number of benzene rings is 3. The minimum absolute atomic E-state index is 0.0195. The lowest BCUT2D eigenvalue weighted by molar-refractivity contribution is -0.130. The Bertz CT molecular complexity index is 1450. The van der Waals surface area contributed by atoms with Crippen molar-refractivity contribution in [2.75, 3.05) is 7.11 Å². The Morgan fingerprint density at radius 3 is 2.32 bits per heavy atom. The molecule has 1 aromatic heterocycles. The second-order valence-corrected chi connectivity index (χ2v) is 9.16. The van der Waals surface area contributed by atoms with Crippen LogP contribution in [0.5, 0.6) is 11.5 Å². The Hall–Kier alpha value is -4.52. The molecule has 3 aromatic carbocycles. The molecular weight excluding hydrogens is 470 g/mol. The fourth-order valence-electron chi connectivity index (χ4n) is 4.55. The fraction of sp³-hybridized carbons (Fsp3) is 0.200. The quantitative estimate of drug-likeness (QED) is 0.300. The molecule has 1 amide bonds. The van der Waals surface area contributed by atoms with Gasteiger partial charge in [-0.2, -0.15) is 0 Å². The number of fused-ring (bicyclic) bond motifs is 1. The van der Waals surface area contributed by atoms with E-state index in [0.717, 1.165) is 16.7 Å². The number of rotatable bonds is 8. The van der Waals surface area contributed by atoms with E-state index in [2.05, 4.69) is 0 Å². The molecule has 0 saturated heterocycles. The van der Waals surface area contributed by atoms with Crippen LogP contribution >= 0.6 is 0 Å². The molecule has 37 heavy (non-hydrogen) atoms. The van der Waals surface area contributed by atoms with Crippen LogP contribution in [0.4, 0.5) is 0 Å². The number of furan rings is 1. The van der Waals surface area contributed by atoms with Crippen molar-refractivity contribution in [3.8, 4) is 11.5 Å². The van der Waals surface area contributed by atoms with Crippen molar-refractivity contribution >= 4 is 22.7 Å². The number of hydrogen-bond donors (Lipinski definition) is 1. The Morgan fingerprint density at radius 2 is 1.68 bits per heavy atom. The van der Waals surface area contributed by atoms with E-state index in [1.807, 2.05) is 56.3 Å². The number of aliphatic hydroxyl groups excluding tert-OH is 1. The molecule has 1 atom stereocenters. The molecular formula is C30H27NO6. The average molecular weight is 498 g/mol. The topological polar surface area (TPSA) is 89.2 Å². The number of ketones is 1. The van der Waals surface area contributed by atoms with E-state index in [0.29, 0.717) is 16.9 Å². The van der Waals surface area contributed by atoms with Crippen LogP contribution < -0.4 is 9.47 Å². The van der Waals surface area contributed by atoms with E-state index in [9.17, 15) is 14.7 Å². The number of para-hydroxylation sites is 1. The highest BCUT2D eigenvalue weighted by Crippen LogP contribution is 2.41. The predicted octanol–water partition coefficient (Wildman–Crippen LogP) is 6.01. The monoisotopic (exact) mass is 497 g/mol. The number of aliphatic hydroxyl groups is 1. The van der Waals surface area contributed by atoms with Gasteiger partial charge in [-0.1, -0.05) is 42.5 Å². The summed E-state index contributed by atoms with van der Waals surface area (Å²) in [6.07, 6.45) is 0.0402. The van der Waals surface area contributed by atoms with Gasteiger partial charge in [-0.15, -0.1) is 0 Å². The van der Waals surface area contributed by atoms with Crippen molar-refractivity contribution in [3.63, 3.8) is 0 Å². The van der Waals surface area contributed by atoms with E-state index in [4.69, 9.17) is 13.9 Å². The number of carbonyl (C=O) groups is 2. The van der Waals surface area contributed by atoms with E-state index >= 15 is 0 Å². The summed E-state index contributed by atoms with van der Waals surface area (Å²) < 4.78 is 16.8. The van der Waals surface area contributed by atoms with E-state index in [1.54, 1.807) is 43.5 Å². The number of amides is 1. The molecule has 0 aliphatic carbocycles. The molecule has 0 saturated carbocycles. The van der Waals surface area contributed by atoms with Gasteiger partial charge in [0.25, 0.3) is 5.91 Å². The summed E-state index contributed by atoms with van der Waals surface area (Å²) >= 11 is 0. The summed E-state index contributed by atoms with van der Waals surface area (Å²) in [5.74, 6) is -0.315. The first-order valence-electron chi connectivity index (χ1n) is 12.0. The fourth-order valence-corrected chi connectivity index (χ4v) is 4.55. The Balaban J connectivity index is 1.53. The molecule has 1 aliphatic heterocycles. The molecule has 1 aliphatic rings. The van der Waals surface area contributed by atoms with Crippen molar-refractivity contribution in [2.45, 2.75) is 32.5 Å². The first-order valence-corrected chi connectivity index (χ1v) is 12.0. The van der Waals surface area contributed by atoms with Gasteiger partial charge in [0.15, 0.2) is 11.5 Å². The van der Waals surface area contributed by atoms with Crippen LogP contribution in [0.25, 0.3) is 11.0 Å². The van der Waals surface area contributed by atoms with Crippen LogP contribution in [0.3, 0.4) is 0 Å². The number of carbonyl (C=O) groups excluding carboxylic acids is 2. The summed E-state index contributed by atoms with van der Waals surface area (Å²) in [6.45, 7) is 4.08. The lowest BCUT2D eigenvalue weighted by atomic mass is 9.94. The van der Waals surface area contributed by atoms with Crippen LogP contribution in [-0.2, 0) is 11.3 Å². The zero-order valence-corrected chi connectivity index (χ0v) is 20.8. The number of Topliss-reactive ketones (excluding diaryl/α,β-unsaturated/α-hetero) is 1. The van der Waals surface area contributed by atoms with Crippen molar-refractivity contribution < 1.29 is 28.6 Å². The Morgan fingerprint density at radius 1 is 1.00 bits per heavy atom.